The van der Waals surface area contributed by atoms with Gasteiger partial charge < -0.3 is 56.8 Å². The molecule has 75 heavy (non-hydrogen) atoms. The first-order valence-corrected chi connectivity index (χ1v) is 27.9. The average Bonchev–Trinajstić information content (AvgIpc) is 3.39. The first-order valence-electron chi connectivity index (χ1n) is 27.9. The van der Waals surface area contributed by atoms with Gasteiger partial charge in [0.2, 0.25) is 0 Å². The highest BCUT2D eigenvalue weighted by Crippen LogP contribution is 2.15. The molecule has 0 spiro atoms. The van der Waals surface area contributed by atoms with Gasteiger partial charge >= 0.3 is 36.9 Å². The van der Waals surface area contributed by atoms with E-state index < -0.39 is 36.9 Å². The molecule has 18 heteroatoms. The fraction of sp³-hybridized carbons (Fsp3) is 0.895. The van der Waals surface area contributed by atoms with E-state index in [4.69, 9.17) is 23.7 Å². The van der Waals surface area contributed by atoms with Gasteiger partial charge in [-0.25, -0.2) is 28.8 Å². The van der Waals surface area contributed by atoms with E-state index in [9.17, 15) is 28.8 Å². The highest BCUT2D eigenvalue weighted by molar-refractivity contribution is 5.60. The van der Waals surface area contributed by atoms with Crippen LogP contribution < -0.4 is 0 Å². The molecule has 0 aromatic rings. The highest BCUT2D eigenvalue weighted by atomic mass is 16.7. The molecule has 0 aliphatic rings. The minimum absolute atomic E-state index is 0.449. The van der Waals surface area contributed by atoms with E-state index >= 15 is 0 Å². The molecule has 0 saturated carbocycles. The topological polar surface area (TPSA) is 213 Å². The van der Waals surface area contributed by atoms with Gasteiger partial charge in [0.05, 0.1) is 82.3 Å². The fourth-order valence-corrected chi connectivity index (χ4v) is 5.94. The van der Waals surface area contributed by atoms with E-state index in [1.807, 2.05) is 0 Å². The Kier molecular flexibility index (Phi) is 71.8. The lowest BCUT2D eigenvalue weighted by Crippen LogP contribution is -2.08. The quantitative estimate of drug-likeness (QED) is 0.0339. The standard InChI is InChI=1S/C12H24O3.C11H22O3.C10H20O3.C9H18O3.C8H16O3.C7H14O3/c1-4-5-6-7-8-11(2)9-10-15-12(13)14-3;1-4-5-6-7-10(2)8-9-14-11(12)13-3;1-4-5-6-9(2)7-8-13-10(11)12-3;1-4-5-8(2)6-7-12-9(10)11-3;1-4-7(2)5-6-11-8(9)10-3;1-6(2)4-5-10-7(8)9-3/h11H,4-10H2,1-3H3;10H,4-9H2,1-3H3;9H,4-8H2,1-3H3;8H,4-7H2,1-3H3;7H,4-6H2,1-3H3;6H,4-5H2,1-3H3. The van der Waals surface area contributed by atoms with Crippen molar-refractivity contribution >= 4 is 36.9 Å². The molecular weight excluding hydrogens is 973 g/mol. The molecule has 18 nitrogen and oxygen atoms in total. The van der Waals surface area contributed by atoms with Gasteiger partial charge in [0, 0.05) is 0 Å². The van der Waals surface area contributed by atoms with Crippen LogP contribution in [0.15, 0.2) is 0 Å². The summed E-state index contributed by atoms with van der Waals surface area (Å²) in [5.41, 5.74) is 0. The smallest absolute Gasteiger partial charge is 0.438 e. The maximum atomic E-state index is 10.6. The molecule has 5 atom stereocenters. The van der Waals surface area contributed by atoms with Crippen molar-refractivity contribution in [2.75, 3.05) is 82.3 Å². The maximum Gasteiger partial charge on any atom is 0.507 e. The molecule has 0 amide bonds. The van der Waals surface area contributed by atoms with Gasteiger partial charge in [0.15, 0.2) is 0 Å². The summed E-state index contributed by atoms with van der Waals surface area (Å²) in [6.07, 6.45) is 20.6. The van der Waals surface area contributed by atoms with Gasteiger partial charge in [-0.05, 0) is 74.0 Å². The number of carbonyl (C=O) groups is 6. The normalized spacial score (nSPS) is 11.9. The van der Waals surface area contributed by atoms with Crippen molar-refractivity contribution < 1.29 is 85.6 Å². The summed E-state index contributed by atoms with van der Waals surface area (Å²) in [4.78, 5) is 63.1. The number of unbranched alkanes of at least 4 members (excludes halogenated alkanes) is 6. The van der Waals surface area contributed by atoms with Gasteiger partial charge in [0.1, 0.15) is 0 Å². The van der Waals surface area contributed by atoms with Crippen LogP contribution in [0.2, 0.25) is 0 Å². The number of methoxy groups -OCH3 is 6. The zero-order valence-corrected chi connectivity index (χ0v) is 50.9. The van der Waals surface area contributed by atoms with Crippen molar-refractivity contribution in [1.29, 1.82) is 0 Å². The molecule has 0 aliphatic carbocycles. The van der Waals surface area contributed by atoms with Gasteiger partial charge in [-0.1, -0.05) is 179 Å². The van der Waals surface area contributed by atoms with Crippen LogP contribution >= 0.6 is 0 Å². The minimum Gasteiger partial charge on any atom is -0.438 e. The number of ether oxygens (including phenoxy) is 12. The predicted octanol–water partition coefficient (Wildman–Crippen LogP) is 16.7. The lowest BCUT2D eigenvalue weighted by molar-refractivity contribution is 0.0674. The number of hydrogen-bond donors (Lipinski definition) is 0. The van der Waals surface area contributed by atoms with Gasteiger partial charge in [0.25, 0.3) is 0 Å². The van der Waals surface area contributed by atoms with Crippen LogP contribution in [0.25, 0.3) is 0 Å². The van der Waals surface area contributed by atoms with Crippen LogP contribution in [0.5, 0.6) is 0 Å². The Bertz CT molecular complexity index is 1250. The molecule has 5 unspecified atom stereocenters. The summed E-state index contributed by atoms with van der Waals surface area (Å²) < 4.78 is 54.5. The van der Waals surface area contributed by atoms with Gasteiger partial charge in [-0.2, -0.15) is 0 Å². The van der Waals surface area contributed by atoms with E-state index in [0.29, 0.717) is 75.1 Å². The van der Waals surface area contributed by atoms with E-state index in [-0.39, 0.29) is 0 Å². The number of rotatable bonds is 33. The molecule has 450 valence electrons. The molecule has 0 rings (SSSR count). The third-order valence-corrected chi connectivity index (χ3v) is 11.4. The zero-order valence-electron chi connectivity index (χ0n) is 50.9. The summed E-state index contributed by atoms with van der Waals surface area (Å²) in [5.74, 6) is 3.69. The van der Waals surface area contributed by atoms with E-state index in [1.165, 1.54) is 133 Å². The Morgan fingerprint density at radius 2 is 0.507 bits per heavy atom. The SMILES string of the molecule is CCC(C)CCOC(=O)OC.CCCC(C)CCOC(=O)OC.CCCCC(C)CCOC(=O)OC.CCCCCC(C)CCOC(=O)OC.CCCCCCC(C)CCOC(=O)OC.COC(=O)OCCC(C)C. The number of carbonyl (C=O) groups excluding carboxylic acids is 6. The summed E-state index contributed by atoms with van der Waals surface area (Å²) in [7, 11) is 7.91. The van der Waals surface area contributed by atoms with Crippen molar-refractivity contribution in [3.8, 4) is 0 Å². The summed E-state index contributed by atoms with van der Waals surface area (Å²) >= 11 is 0. The summed E-state index contributed by atoms with van der Waals surface area (Å²) in [5, 5.41) is 0. The first-order chi connectivity index (χ1) is 35.7. The minimum atomic E-state index is -0.597. The van der Waals surface area contributed by atoms with Crippen LogP contribution in [-0.4, -0.2) is 119 Å². The molecule has 0 fully saturated rings. The Labute approximate surface area is 457 Å². The van der Waals surface area contributed by atoms with Gasteiger partial charge in [-0.3, -0.25) is 0 Å². The van der Waals surface area contributed by atoms with E-state index in [0.717, 1.165) is 44.9 Å². The Morgan fingerprint density at radius 3 is 0.760 bits per heavy atom. The van der Waals surface area contributed by atoms with E-state index in [2.05, 4.69) is 116 Å². The van der Waals surface area contributed by atoms with Crippen LogP contribution in [-0.2, 0) is 56.8 Å². The predicted molar refractivity (Wildman–Crippen MR) is 296 cm³/mol. The molecule has 0 radical (unpaired) electrons. The highest BCUT2D eigenvalue weighted by Gasteiger charge is 2.08. The van der Waals surface area contributed by atoms with Crippen molar-refractivity contribution in [3.05, 3.63) is 0 Å². The second kappa shape index (κ2) is 65.7. The van der Waals surface area contributed by atoms with Crippen molar-refractivity contribution in [1.82, 2.24) is 0 Å². The van der Waals surface area contributed by atoms with Crippen LogP contribution in [0, 0.1) is 35.5 Å². The van der Waals surface area contributed by atoms with Crippen molar-refractivity contribution in [2.24, 2.45) is 35.5 Å². The van der Waals surface area contributed by atoms with Crippen LogP contribution in [0.1, 0.15) is 218 Å². The molecule has 0 heterocycles. The molecule has 0 aliphatic heterocycles. The second-order valence-electron chi connectivity index (χ2n) is 19.2. The summed E-state index contributed by atoms with van der Waals surface area (Å²) in [6.45, 7) is 28.6. The van der Waals surface area contributed by atoms with Crippen LogP contribution in [0.4, 0.5) is 28.8 Å². The monoisotopic (exact) mass is 1090 g/mol. The third-order valence-electron chi connectivity index (χ3n) is 11.4. The van der Waals surface area contributed by atoms with Crippen molar-refractivity contribution in [2.45, 2.75) is 218 Å². The Morgan fingerprint density at radius 1 is 0.267 bits per heavy atom. The largest absolute Gasteiger partial charge is 0.507 e. The van der Waals surface area contributed by atoms with Gasteiger partial charge in [-0.15, -0.1) is 0 Å². The third kappa shape index (κ3) is 78.6. The molecule has 0 aromatic heterocycles. The molecule has 0 N–H and O–H groups in total. The maximum absolute atomic E-state index is 10.6. The Hall–Kier alpha value is -4.38. The molecule has 0 aromatic carbocycles. The second-order valence-corrected chi connectivity index (χ2v) is 19.2. The first kappa shape index (κ1) is 82.0. The zero-order chi connectivity index (χ0) is 58.5. The van der Waals surface area contributed by atoms with E-state index in [1.54, 1.807) is 0 Å². The van der Waals surface area contributed by atoms with Crippen LogP contribution in [0.3, 0.4) is 0 Å². The lowest BCUT2D eigenvalue weighted by atomic mass is 10.00. The lowest BCUT2D eigenvalue weighted by Gasteiger charge is -2.10. The number of hydrogen-bond acceptors (Lipinski definition) is 18. The molecule has 0 bridgehead atoms. The average molecular weight is 1090 g/mol. The molecular formula is C57H114O18. The fourth-order valence-electron chi connectivity index (χ4n) is 5.94. The Balaban J connectivity index is -0.000000191. The molecule has 0 saturated heterocycles. The van der Waals surface area contributed by atoms with Crippen molar-refractivity contribution in [3.63, 3.8) is 0 Å². The summed E-state index contributed by atoms with van der Waals surface area (Å²) in [6, 6.07) is 0.